The number of benzene rings is 1. The van der Waals surface area contributed by atoms with Gasteiger partial charge in [-0.25, -0.2) is 0 Å². The van der Waals surface area contributed by atoms with E-state index in [0.29, 0.717) is 6.04 Å². The third-order valence-corrected chi connectivity index (χ3v) is 4.99. The molecular weight excluding hydrogens is 298 g/mol. The van der Waals surface area contributed by atoms with E-state index in [2.05, 4.69) is 27.2 Å². The number of hydrogen-bond acceptors (Lipinski definition) is 3. The van der Waals surface area contributed by atoms with Gasteiger partial charge in [-0.2, -0.15) is 5.10 Å². The summed E-state index contributed by atoms with van der Waals surface area (Å²) in [5, 5.41) is 8.70. The SMILES string of the molecule is Clc1ccc(-c2n[nH]c3c2CCCC3N2CCOCC2)cc1. The third-order valence-electron chi connectivity index (χ3n) is 4.74. The van der Waals surface area contributed by atoms with Crippen LogP contribution in [0.5, 0.6) is 0 Å². The van der Waals surface area contributed by atoms with Gasteiger partial charge in [-0.3, -0.25) is 10.00 Å². The number of aromatic nitrogens is 2. The van der Waals surface area contributed by atoms with Crippen LogP contribution < -0.4 is 0 Å². The number of halogens is 1. The highest BCUT2D eigenvalue weighted by Crippen LogP contribution is 2.38. The first-order chi connectivity index (χ1) is 10.8. The second kappa shape index (κ2) is 6.03. The van der Waals surface area contributed by atoms with Gasteiger partial charge in [0.2, 0.25) is 0 Å². The fourth-order valence-electron chi connectivity index (χ4n) is 3.62. The van der Waals surface area contributed by atoms with Gasteiger partial charge in [-0.1, -0.05) is 23.7 Å². The number of hydrogen-bond donors (Lipinski definition) is 1. The first-order valence-electron chi connectivity index (χ1n) is 7.98. The van der Waals surface area contributed by atoms with E-state index in [1.54, 1.807) is 0 Å². The van der Waals surface area contributed by atoms with Crippen molar-refractivity contribution in [1.29, 1.82) is 0 Å². The highest BCUT2D eigenvalue weighted by Gasteiger charge is 2.30. The molecule has 1 saturated heterocycles. The highest BCUT2D eigenvalue weighted by atomic mass is 35.5. The van der Waals surface area contributed by atoms with Crippen LogP contribution in [0.2, 0.25) is 5.02 Å². The first kappa shape index (κ1) is 14.2. The Hall–Kier alpha value is -1.36. The van der Waals surface area contributed by atoms with Gasteiger partial charge < -0.3 is 4.74 Å². The average molecular weight is 318 g/mol. The Morgan fingerprint density at radius 2 is 1.95 bits per heavy atom. The number of nitrogens with one attached hydrogen (secondary N) is 1. The smallest absolute Gasteiger partial charge is 0.0956 e. The quantitative estimate of drug-likeness (QED) is 0.922. The van der Waals surface area contributed by atoms with Gasteiger partial charge in [0.05, 0.1) is 30.6 Å². The molecule has 1 aromatic heterocycles. The molecule has 1 fully saturated rings. The maximum Gasteiger partial charge on any atom is 0.0956 e. The molecule has 22 heavy (non-hydrogen) atoms. The molecule has 0 radical (unpaired) electrons. The number of nitrogens with zero attached hydrogens (tertiary/aromatic N) is 2. The molecule has 1 unspecified atom stereocenters. The lowest BCUT2D eigenvalue weighted by molar-refractivity contribution is 0.0115. The molecule has 116 valence electrons. The summed E-state index contributed by atoms with van der Waals surface area (Å²) in [5.74, 6) is 0. The Labute approximate surface area is 135 Å². The predicted octanol–water partition coefficient (Wildman–Crippen LogP) is 3.44. The van der Waals surface area contributed by atoms with Crippen molar-refractivity contribution in [2.45, 2.75) is 25.3 Å². The fraction of sp³-hybridized carbons (Fsp3) is 0.471. The zero-order valence-electron chi connectivity index (χ0n) is 12.5. The molecule has 2 aliphatic rings. The van der Waals surface area contributed by atoms with Crippen molar-refractivity contribution < 1.29 is 4.74 Å². The summed E-state index contributed by atoms with van der Waals surface area (Å²) >= 11 is 5.99. The van der Waals surface area contributed by atoms with E-state index < -0.39 is 0 Å². The molecule has 4 nitrogen and oxygen atoms in total. The maximum absolute atomic E-state index is 5.99. The van der Waals surface area contributed by atoms with Gasteiger partial charge in [0.25, 0.3) is 0 Å². The number of rotatable bonds is 2. The normalized spacial score (nSPS) is 22.5. The van der Waals surface area contributed by atoms with Crippen molar-refractivity contribution in [3.8, 4) is 11.3 Å². The molecule has 1 aliphatic carbocycles. The van der Waals surface area contributed by atoms with Crippen LogP contribution in [0.3, 0.4) is 0 Å². The van der Waals surface area contributed by atoms with Gasteiger partial charge in [0, 0.05) is 29.2 Å². The summed E-state index contributed by atoms with van der Waals surface area (Å²) < 4.78 is 5.48. The number of H-pyrrole nitrogens is 1. The van der Waals surface area contributed by atoms with Gasteiger partial charge in [-0.05, 0) is 31.4 Å². The summed E-state index contributed by atoms with van der Waals surface area (Å²) in [6.45, 7) is 3.70. The minimum atomic E-state index is 0.459. The van der Waals surface area contributed by atoms with Crippen LogP contribution in [-0.4, -0.2) is 41.4 Å². The van der Waals surface area contributed by atoms with Gasteiger partial charge >= 0.3 is 0 Å². The monoisotopic (exact) mass is 317 g/mol. The number of ether oxygens (including phenoxy) is 1. The summed E-state index contributed by atoms with van der Waals surface area (Å²) in [7, 11) is 0. The standard InChI is InChI=1S/C17H20ClN3O/c18-13-6-4-12(5-7-13)16-14-2-1-3-15(17(14)20-19-16)21-8-10-22-11-9-21/h4-7,15H,1-3,8-11H2,(H,19,20). The van der Waals surface area contributed by atoms with Crippen molar-refractivity contribution in [3.05, 3.63) is 40.5 Å². The van der Waals surface area contributed by atoms with Crippen LogP contribution >= 0.6 is 11.6 Å². The van der Waals surface area contributed by atoms with Crippen LogP contribution in [0.4, 0.5) is 0 Å². The number of morpholine rings is 1. The summed E-state index contributed by atoms with van der Waals surface area (Å²) in [6.07, 6.45) is 3.52. The molecule has 0 bridgehead atoms. The third kappa shape index (κ3) is 2.56. The predicted molar refractivity (Wildman–Crippen MR) is 87.1 cm³/mol. The average Bonchev–Trinajstić information content (AvgIpc) is 3.00. The van der Waals surface area contributed by atoms with Gasteiger partial charge in [0.15, 0.2) is 0 Å². The molecule has 1 atom stereocenters. The minimum Gasteiger partial charge on any atom is -0.379 e. The van der Waals surface area contributed by atoms with Crippen LogP contribution in [0, 0.1) is 0 Å². The van der Waals surface area contributed by atoms with Crippen LogP contribution in [-0.2, 0) is 11.2 Å². The molecule has 1 aliphatic heterocycles. The Kier molecular flexibility index (Phi) is 3.90. The van der Waals surface area contributed by atoms with Crippen LogP contribution in [0.15, 0.2) is 24.3 Å². The fourth-order valence-corrected chi connectivity index (χ4v) is 3.75. The van der Waals surface area contributed by atoms with Crippen molar-refractivity contribution in [1.82, 2.24) is 15.1 Å². The van der Waals surface area contributed by atoms with E-state index in [-0.39, 0.29) is 0 Å². The second-order valence-electron chi connectivity index (χ2n) is 6.03. The van der Waals surface area contributed by atoms with Crippen molar-refractivity contribution in [2.24, 2.45) is 0 Å². The summed E-state index contributed by atoms with van der Waals surface area (Å²) in [6, 6.07) is 8.43. The van der Waals surface area contributed by atoms with E-state index in [0.717, 1.165) is 49.0 Å². The van der Waals surface area contributed by atoms with E-state index in [9.17, 15) is 0 Å². The molecule has 4 rings (SSSR count). The van der Waals surface area contributed by atoms with E-state index in [1.165, 1.54) is 24.1 Å². The summed E-state index contributed by atoms with van der Waals surface area (Å²) in [4.78, 5) is 2.53. The molecule has 2 aromatic rings. The zero-order chi connectivity index (χ0) is 14.9. The molecule has 2 heterocycles. The van der Waals surface area contributed by atoms with Crippen molar-refractivity contribution in [3.63, 3.8) is 0 Å². The largest absolute Gasteiger partial charge is 0.379 e. The number of fused-ring (bicyclic) bond motifs is 1. The Balaban J connectivity index is 1.67. The van der Waals surface area contributed by atoms with E-state index in [1.807, 2.05) is 12.1 Å². The van der Waals surface area contributed by atoms with Gasteiger partial charge in [0.1, 0.15) is 0 Å². The van der Waals surface area contributed by atoms with Crippen LogP contribution in [0.1, 0.15) is 30.1 Å². The molecule has 0 spiro atoms. The first-order valence-corrected chi connectivity index (χ1v) is 8.35. The lowest BCUT2D eigenvalue weighted by Crippen LogP contribution is -2.40. The molecule has 5 heteroatoms. The molecule has 1 N–H and O–H groups in total. The maximum atomic E-state index is 5.99. The molecule has 1 aromatic carbocycles. The number of aromatic amines is 1. The Morgan fingerprint density at radius 3 is 2.73 bits per heavy atom. The van der Waals surface area contributed by atoms with Crippen molar-refractivity contribution >= 4 is 11.6 Å². The van der Waals surface area contributed by atoms with Gasteiger partial charge in [-0.15, -0.1) is 0 Å². The highest BCUT2D eigenvalue weighted by molar-refractivity contribution is 6.30. The Bertz CT molecular complexity index is 646. The Morgan fingerprint density at radius 1 is 1.18 bits per heavy atom. The van der Waals surface area contributed by atoms with E-state index >= 15 is 0 Å². The van der Waals surface area contributed by atoms with Crippen molar-refractivity contribution in [2.75, 3.05) is 26.3 Å². The molecular formula is C17H20ClN3O. The van der Waals surface area contributed by atoms with E-state index in [4.69, 9.17) is 16.3 Å². The second-order valence-corrected chi connectivity index (χ2v) is 6.46. The molecule has 0 amide bonds. The lowest BCUT2D eigenvalue weighted by atomic mass is 9.89. The summed E-state index contributed by atoms with van der Waals surface area (Å²) in [5.41, 5.74) is 4.91. The topological polar surface area (TPSA) is 41.2 Å². The lowest BCUT2D eigenvalue weighted by Gasteiger charge is -2.36. The zero-order valence-corrected chi connectivity index (χ0v) is 13.3. The molecule has 0 saturated carbocycles. The minimum absolute atomic E-state index is 0.459. The van der Waals surface area contributed by atoms with Crippen LogP contribution in [0.25, 0.3) is 11.3 Å².